The molecule has 0 aliphatic carbocycles. The van der Waals surface area contributed by atoms with Crippen LogP contribution in [-0.4, -0.2) is 28.0 Å². The van der Waals surface area contributed by atoms with Gasteiger partial charge in [0.15, 0.2) is 0 Å². The smallest absolute Gasteiger partial charge is 0.255 e. The Morgan fingerprint density at radius 2 is 1.80 bits per heavy atom. The number of carbonyl (C=O) groups is 1. The number of aryl methyl sites for hydroxylation is 2. The number of nitrogens with zero attached hydrogens (tertiary/aromatic N) is 1. The molecule has 1 heterocycles. The lowest BCUT2D eigenvalue weighted by atomic mass is 10.1. The van der Waals surface area contributed by atoms with Gasteiger partial charge in [-0.05, 0) is 41.5 Å². The number of aromatic amines is 1. The van der Waals surface area contributed by atoms with Crippen molar-refractivity contribution in [3.63, 3.8) is 0 Å². The van der Waals surface area contributed by atoms with Crippen molar-refractivity contribution >= 4 is 5.91 Å². The number of aromatic nitrogens is 2. The van der Waals surface area contributed by atoms with Crippen molar-refractivity contribution in [2.45, 2.75) is 59.7 Å². The maximum Gasteiger partial charge on any atom is 0.255 e. The van der Waals surface area contributed by atoms with Crippen LogP contribution in [0.1, 0.15) is 50.8 Å². The average molecular weight is 280 g/mol. The summed E-state index contributed by atoms with van der Waals surface area (Å²) in [5, 5.41) is 5.97. The highest BCUT2D eigenvalue weighted by Crippen LogP contribution is 2.11. The first-order chi connectivity index (χ1) is 9.22. The van der Waals surface area contributed by atoms with Gasteiger partial charge in [-0.2, -0.15) is 0 Å². The summed E-state index contributed by atoms with van der Waals surface area (Å²) in [6, 6.07) is -0.541. The van der Waals surface area contributed by atoms with Gasteiger partial charge in [0.05, 0.1) is 11.6 Å². The van der Waals surface area contributed by atoms with E-state index in [2.05, 4.69) is 20.6 Å². The van der Waals surface area contributed by atoms with Crippen LogP contribution in [0, 0.1) is 13.8 Å². The van der Waals surface area contributed by atoms with E-state index < -0.39 is 0 Å². The molecule has 1 amide bonds. The summed E-state index contributed by atoms with van der Waals surface area (Å²) >= 11 is 0. The highest BCUT2D eigenvalue weighted by atomic mass is 16.2. The minimum atomic E-state index is -0.382. The Balaban J connectivity index is 2.84. The standard InChI is InChI=1S/C14H24N4O2/c1-7(2)15-13(19)10(5)16-8(3)12-9(4)17-11(6)18-14(12)20/h7-8,10,16H,1-6H3,(H,15,19)(H,17,18,20). The predicted molar refractivity (Wildman–Crippen MR) is 78.6 cm³/mol. The van der Waals surface area contributed by atoms with Crippen molar-refractivity contribution in [2.24, 2.45) is 0 Å². The highest BCUT2D eigenvalue weighted by Gasteiger charge is 2.20. The van der Waals surface area contributed by atoms with Gasteiger partial charge in [-0.15, -0.1) is 0 Å². The summed E-state index contributed by atoms with van der Waals surface area (Å²) in [4.78, 5) is 30.8. The van der Waals surface area contributed by atoms with Crippen LogP contribution in [0.2, 0.25) is 0 Å². The van der Waals surface area contributed by atoms with E-state index in [0.29, 0.717) is 17.1 Å². The van der Waals surface area contributed by atoms with Gasteiger partial charge in [0.1, 0.15) is 5.82 Å². The van der Waals surface area contributed by atoms with Crippen LogP contribution >= 0.6 is 0 Å². The van der Waals surface area contributed by atoms with E-state index in [9.17, 15) is 9.59 Å². The van der Waals surface area contributed by atoms with Gasteiger partial charge in [0, 0.05) is 17.8 Å². The minimum Gasteiger partial charge on any atom is -0.353 e. The molecule has 20 heavy (non-hydrogen) atoms. The zero-order chi connectivity index (χ0) is 15.4. The lowest BCUT2D eigenvalue weighted by Crippen LogP contribution is -2.46. The normalized spacial score (nSPS) is 14.2. The molecular weight excluding hydrogens is 256 g/mol. The minimum absolute atomic E-state index is 0.0824. The number of H-pyrrole nitrogens is 1. The number of carbonyl (C=O) groups excluding carboxylic acids is 1. The second kappa shape index (κ2) is 6.65. The second-order valence-corrected chi connectivity index (χ2v) is 5.42. The molecule has 0 saturated heterocycles. The van der Waals surface area contributed by atoms with Gasteiger partial charge in [0.2, 0.25) is 5.91 Å². The van der Waals surface area contributed by atoms with Crippen LogP contribution in [0.3, 0.4) is 0 Å². The molecule has 1 aromatic heterocycles. The molecule has 6 heteroatoms. The molecule has 0 aliphatic heterocycles. The van der Waals surface area contributed by atoms with Crippen molar-refractivity contribution in [1.82, 2.24) is 20.6 Å². The number of hydrogen-bond acceptors (Lipinski definition) is 4. The third-order valence-corrected chi connectivity index (χ3v) is 3.02. The first-order valence-electron chi connectivity index (χ1n) is 6.86. The maximum absolute atomic E-state index is 12.0. The third kappa shape index (κ3) is 4.16. The molecule has 0 bridgehead atoms. The predicted octanol–water partition coefficient (Wildman–Crippen LogP) is 0.950. The van der Waals surface area contributed by atoms with Crippen molar-refractivity contribution < 1.29 is 4.79 Å². The number of hydrogen-bond donors (Lipinski definition) is 3. The van der Waals surface area contributed by atoms with E-state index in [1.807, 2.05) is 20.8 Å². The Labute approximate surface area is 119 Å². The van der Waals surface area contributed by atoms with Crippen molar-refractivity contribution in [3.05, 3.63) is 27.4 Å². The average Bonchev–Trinajstić information content (AvgIpc) is 2.25. The topological polar surface area (TPSA) is 86.9 Å². The Kier molecular flexibility index (Phi) is 5.44. The molecule has 2 unspecified atom stereocenters. The van der Waals surface area contributed by atoms with Gasteiger partial charge in [-0.1, -0.05) is 0 Å². The molecule has 3 N–H and O–H groups in total. The summed E-state index contributed by atoms with van der Waals surface area (Å²) in [7, 11) is 0. The van der Waals surface area contributed by atoms with E-state index >= 15 is 0 Å². The molecule has 0 aliphatic rings. The van der Waals surface area contributed by atoms with Gasteiger partial charge < -0.3 is 10.3 Å². The van der Waals surface area contributed by atoms with Gasteiger partial charge in [-0.3, -0.25) is 14.9 Å². The summed E-state index contributed by atoms with van der Waals surface area (Å²) in [5.41, 5.74) is 1.09. The first kappa shape index (κ1) is 16.4. The highest BCUT2D eigenvalue weighted by molar-refractivity contribution is 5.81. The molecule has 0 radical (unpaired) electrons. The van der Waals surface area contributed by atoms with Crippen LogP contribution in [-0.2, 0) is 4.79 Å². The third-order valence-electron chi connectivity index (χ3n) is 3.02. The molecule has 1 rings (SSSR count). The van der Waals surface area contributed by atoms with Crippen molar-refractivity contribution in [1.29, 1.82) is 0 Å². The van der Waals surface area contributed by atoms with Crippen molar-refractivity contribution in [3.8, 4) is 0 Å². The number of nitrogens with one attached hydrogen (secondary N) is 3. The van der Waals surface area contributed by atoms with E-state index in [0.717, 1.165) is 0 Å². The van der Waals surface area contributed by atoms with Gasteiger partial charge in [0.25, 0.3) is 5.56 Å². The van der Waals surface area contributed by atoms with E-state index in [-0.39, 0.29) is 29.6 Å². The Hall–Kier alpha value is -1.69. The SMILES string of the molecule is Cc1nc(C)c(C(C)NC(C)C(=O)NC(C)C)c(=O)[nH]1. The molecule has 0 saturated carbocycles. The molecule has 0 fully saturated rings. The fourth-order valence-corrected chi connectivity index (χ4v) is 2.19. The number of rotatable bonds is 5. The van der Waals surface area contributed by atoms with E-state index in [4.69, 9.17) is 0 Å². The van der Waals surface area contributed by atoms with Crippen molar-refractivity contribution in [2.75, 3.05) is 0 Å². The molecule has 0 spiro atoms. The molecule has 2 atom stereocenters. The zero-order valence-electron chi connectivity index (χ0n) is 13.0. The molecule has 1 aromatic rings. The lowest BCUT2D eigenvalue weighted by Gasteiger charge is -2.21. The van der Waals surface area contributed by atoms with Crippen LogP contribution in [0.25, 0.3) is 0 Å². The first-order valence-corrected chi connectivity index (χ1v) is 6.86. The van der Waals surface area contributed by atoms with Crippen LogP contribution < -0.4 is 16.2 Å². The monoisotopic (exact) mass is 280 g/mol. The summed E-state index contributed by atoms with van der Waals surface area (Å²) in [5.74, 6) is 0.509. The molecule has 0 aromatic carbocycles. The van der Waals surface area contributed by atoms with Crippen LogP contribution in [0.15, 0.2) is 4.79 Å². The largest absolute Gasteiger partial charge is 0.353 e. The summed E-state index contributed by atoms with van der Waals surface area (Å²) in [6.45, 7) is 11.0. The quantitative estimate of drug-likeness (QED) is 0.749. The van der Waals surface area contributed by atoms with Gasteiger partial charge in [-0.25, -0.2) is 4.98 Å². The maximum atomic E-state index is 12.0. The fraction of sp³-hybridized carbons (Fsp3) is 0.643. The van der Waals surface area contributed by atoms with Crippen LogP contribution in [0.5, 0.6) is 0 Å². The lowest BCUT2D eigenvalue weighted by molar-refractivity contribution is -0.123. The van der Waals surface area contributed by atoms with Crippen LogP contribution in [0.4, 0.5) is 0 Å². The second-order valence-electron chi connectivity index (χ2n) is 5.42. The molecule has 112 valence electrons. The van der Waals surface area contributed by atoms with E-state index in [1.165, 1.54) is 0 Å². The Morgan fingerprint density at radius 1 is 1.20 bits per heavy atom. The fourth-order valence-electron chi connectivity index (χ4n) is 2.19. The molecular formula is C14H24N4O2. The van der Waals surface area contributed by atoms with E-state index in [1.54, 1.807) is 20.8 Å². The van der Waals surface area contributed by atoms with Gasteiger partial charge >= 0.3 is 0 Å². The Morgan fingerprint density at radius 3 is 2.30 bits per heavy atom. The summed E-state index contributed by atoms with van der Waals surface area (Å²) < 4.78 is 0. The Bertz CT molecular complexity index is 536. The summed E-state index contributed by atoms with van der Waals surface area (Å²) in [6.07, 6.45) is 0. The number of amides is 1. The molecule has 6 nitrogen and oxygen atoms in total. The zero-order valence-corrected chi connectivity index (χ0v) is 13.0.